The zero-order valence-electron chi connectivity index (χ0n) is 15.5. The van der Waals surface area contributed by atoms with E-state index in [-0.39, 0.29) is 5.69 Å². The Bertz CT molecular complexity index is 1080. The van der Waals surface area contributed by atoms with Gasteiger partial charge in [0.05, 0.1) is 17.9 Å². The predicted molar refractivity (Wildman–Crippen MR) is 104 cm³/mol. The number of hydrogen-bond acceptors (Lipinski definition) is 5. The lowest BCUT2D eigenvalue weighted by Gasteiger charge is -2.12. The second kappa shape index (κ2) is 8.04. The molecule has 0 fully saturated rings. The molecule has 0 spiro atoms. The Hall–Kier alpha value is -3.48. The molecule has 4 heterocycles. The maximum absolute atomic E-state index is 14.2. The molecular weight excluding hydrogens is 355 g/mol. The molecule has 0 aliphatic carbocycles. The van der Waals surface area contributed by atoms with Gasteiger partial charge in [0.1, 0.15) is 11.4 Å². The maximum Gasteiger partial charge on any atom is 0.162 e. The summed E-state index contributed by atoms with van der Waals surface area (Å²) < 4.78 is 16.0. The molecule has 140 valence electrons. The van der Waals surface area contributed by atoms with E-state index < -0.39 is 5.82 Å². The second-order valence-corrected chi connectivity index (χ2v) is 6.38. The predicted octanol–water partition coefficient (Wildman–Crippen LogP) is 3.94. The van der Waals surface area contributed by atoms with Gasteiger partial charge in [0.25, 0.3) is 0 Å². The van der Waals surface area contributed by atoms with Crippen LogP contribution in [0.15, 0.2) is 61.2 Å². The number of imidazole rings is 1. The molecule has 0 radical (unpaired) electrons. The molecule has 7 heteroatoms. The molecule has 0 saturated carbocycles. The summed E-state index contributed by atoms with van der Waals surface area (Å²) in [4.78, 5) is 12.8. The molecule has 0 saturated heterocycles. The van der Waals surface area contributed by atoms with Gasteiger partial charge in [-0.15, -0.1) is 5.10 Å². The summed E-state index contributed by atoms with van der Waals surface area (Å²) in [6.07, 6.45) is 8.58. The highest BCUT2D eigenvalue weighted by molar-refractivity contribution is 5.54. The summed E-state index contributed by atoms with van der Waals surface area (Å²) in [5, 5.41) is 8.81. The van der Waals surface area contributed by atoms with E-state index in [0.29, 0.717) is 12.4 Å². The normalized spacial score (nSPS) is 10.9. The zero-order chi connectivity index (χ0) is 19.3. The molecular formula is C21H19FN6. The van der Waals surface area contributed by atoms with E-state index in [4.69, 9.17) is 0 Å². The van der Waals surface area contributed by atoms with Gasteiger partial charge in [0.15, 0.2) is 11.6 Å². The van der Waals surface area contributed by atoms with Gasteiger partial charge in [-0.1, -0.05) is 19.4 Å². The first kappa shape index (κ1) is 17.9. The molecule has 28 heavy (non-hydrogen) atoms. The van der Waals surface area contributed by atoms with Crippen LogP contribution < -0.4 is 0 Å². The standard InChI is InChI=1S/C21H19FN6/c1-2-6-15-13-18(17-8-3-4-9-23-17)26-27-19(15)14-28-12-11-25-21(28)20-16(22)7-5-10-24-20/h3-5,7-13H,2,6,14H2,1H3. The van der Waals surface area contributed by atoms with Crippen LogP contribution in [0.3, 0.4) is 0 Å². The summed E-state index contributed by atoms with van der Waals surface area (Å²) in [5.41, 5.74) is 3.69. The van der Waals surface area contributed by atoms with E-state index in [1.807, 2.05) is 28.8 Å². The largest absolute Gasteiger partial charge is 0.324 e. The number of pyridine rings is 2. The van der Waals surface area contributed by atoms with Crippen LogP contribution in [0.25, 0.3) is 22.9 Å². The van der Waals surface area contributed by atoms with Gasteiger partial charge in [-0.25, -0.2) is 14.4 Å². The Labute approximate surface area is 162 Å². The van der Waals surface area contributed by atoms with E-state index in [0.717, 1.165) is 35.5 Å². The Kier molecular flexibility index (Phi) is 5.14. The van der Waals surface area contributed by atoms with Crippen molar-refractivity contribution in [2.75, 3.05) is 0 Å². The second-order valence-electron chi connectivity index (χ2n) is 6.38. The van der Waals surface area contributed by atoms with Gasteiger partial charge < -0.3 is 4.57 Å². The van der Waals surface area contributed by atoms with Gasteiger partial charge >= 0.3 is 0 Å². The van der Waals surface area contributed by atoms with Crippen LogP contribution in [0.2, 0.25) is 0 Å². The number of aromatic nitrogens is 6. The van der Waals surface area contributed by atoms with Crippen LogP contribution in [-0.4, -0.2) is 29.7 Å². The molecule has 4 aromatic rings. The highest BCUT2D eigenvalue weighted by Gasteiger charge is 2.15. The first-order valence-electron chi connectivity index (χ1n) is 9.15. The van der Waals surface area contributed by atoms with E-state index in [2.05, 4.69) is 32.1 Å². The highest BCUT2D eigenvalue weighted by atomic mass is 19.1. The Morgan fingerprint density at radius 1 is 0.929 bits per heavy atom. The summed E-state index contributed by atoms with van der Waals surface area (Å²) in [7, 11) is 0. The minimum Gasteiger partial charge on any atom is -0.324 e. The van der Waals surface area contributed by atoms with E-state index in [1.165, 1.54) is 6.07 Å². The van der Waals surface area contributed by atoms with Gasteiger partial charge in [0.2, 0.25) is 0 Å². The fraction of sp³-hybridized carbons (Fsp3) is 0.190. The fourth-order valence-corrected chi connectivity index (χ4v) is 3.08. The lowest BCUT2D eigenvalue weighted by atomic mass is 10.1. The highest BCUT2D eigenvalue weighted by Crippen LogP contribution is 2.22. The lowest BCUT2D eigenvalue weighted by Crippen LogP contribution is -2.09. The third-order valence-electron chi connectivity index (χ3n) is 4.41. The van der Waals surface area contributed by atoms with Crippen molar-refractivity contribution in [3.63, 3.8) is 0 Å². The van der Waals surface area contributed by atoms with Gasteiger partial charge in [0, 0.05) is 24.8 Å². The van der Waals surface area contributed by atoms with Crippen molar-refractivity contribution in [1.29, 1.82) is 0 Å². The molecule has 0 amide bonds. The third-order valence-corrected chi connectivity index (χ3v) is 4.41. The number of halogens is 1. The number of nitrogens with zero attached hydrogens (tertiary/aromatic N) is 6. The quantitative estimate of drug-likeness (QED) is 0.511. The Morgan fingerprint density at radius 2 is 1.82 bits per heavy atom. The first-order valence-corrected chi connectivity index (χ1v) is 9.15. The van der Waals surface area contributed by atoms with Crippen LogP contribution in [0.4, 0.5) is 4.39 Å². The van der Waals surface area contributed by atoms with Crippen molar-refractivity contribution in [2.24, 2.45) is 0 Å². The number of aryl methyl sites for hydroxylation is 1. The molecule has 0 bridgehead atoms. The van der Waals surface area contributed by atoms with Crippen LogP contribution in [0.1, 0.15) is 24.6 Å². The van der Waals surface area contributed by atoms with Crippen LogP contribution in [-0.2, 0) is 13.0 Å². The SMILES string of the molecule is CCCc1cc(-c2ccccn2)nnc1Cn1ccnc1-c1ncccc1F. The van der Waals surface area contributed by atoms with E-state index in [9.17, 15) is 4.39 Å². The molecule has 0 aliphatic heterocycles. The third kappa shape index (κ3) is 3.64. The zero-order valence-corrected chi connectivity index (χ0v) is 15.5. The van der Waals surface area contributed by atoms with Crippen molar-refractivity contribution < 1.29 is 4.39 Å². The monoisotopic (exact) mass is 374 g/mol. The van der Waals surface area contributed by atoms with E-state index in [1.54, 1.807) is 30.9 Å². The lowest BCUT2D eigenvalue weighted by molar-refractivity contribution is 0.621. The maximum atomic E-state index is 14.2. The summed E-state index contributed by atoms with van der Waals surface area (Å²) >= 11 is 0. The van der Waals surface area contributed by atoms with Crippen molar-refractivity contribution in [1.82, 2.24) is 29.7 Å². The molecule has 0 N–H and O–H groups in total. The summed E-state index contributed by atoms with van der Waals surface area (Å²) in [6, 6.07) is 10.7. The van der Waals surface area contributed by atoms with Gasteiger partial charge in [-0.3, -0.25) is 4.98 Å². The molecule has 6 nitrogen and oxygen atoms in total. The topological polar surface area (TPSA) is 69.4 Å². The molecule has 4 aromatic heterocycles. The Morgan fingerprint density at radius 3 is 2.61 bits per heavy atom. The van der Waals surface area contributed by atoms with Crippen molar-refractivity contribution in [3.05, 3.63) is 78.3 Å². The number of rotatable bonds is 6. The summed E-state index contributed by atoms with van der Waals surface area (Å²) in [5.74, 6) is 0.0662. The minimum absolute atomic E-state index is 0.225. The molecule has 0 unspecified atom stereocenters. The van der Waals surface area contributed by atoms with Crippen LogP contribution in [0, 0.1) is 5.82 Å². The van der Waals surface area contributed by atoms with Crippen LogP contribution in [0.5, 0.6) is 0 Å². The van der Waals surface area contributed by atoms with Crippen molar-refractivity contribution >= 4 is 0 Å². The molecule has 0 atom stereocenters. The first-order chi connectivity index (χ1) is 13.8. The number of hydrogen-bond donors (Lipinski definition) is 0. The van der Waals surface area contributed by atoms with Crippen molar-refractivity contribution in [3.8, 4) is 22.9 Å². The average molecular weight is 374 g/mol. The fourth-order valence-electron chi connectivity index (χ4n) is 3.08. The van der Waals surface area contributed by atoms with E-state index >= 15 is 0 Å². The molecule has 0 aliphatic rings. The average Bonchev–Trinajstić information content (AvgIpc) is 3.18. The Balaban J connectivity index is 1.69. The van der Waals surface area contributed by atoms with Gasteiger partial charge in [-0.2, -0.15) is 5.10 Å². The molecule has 0 aromatic carbocycles. The minimum atomic E-state index is -0.402. The van der Waals surface area contributed by atoms with Crippen LogP contribution >= 0.6 is 0 Å². The smallest absolute Gasteiger partial charge is 0.162 e. The summed E-state index contributed by atoms with van der Waals surface area (Å²) in [6.45, 7) is 2.56. The van der Waals surface area contributed by atoms with Crippen molar-refractivity contribution in [2.45, 2.75) is 26.3 Å². The molecule has 4 rings (SSSR count). The van der Waals surface area contributed by atoms with Gasteiger partial charge in [-0.05, 0) is 42.3 Å².